The third-order valence-electron chi connectivity index (χ3n) is 3.58. The molecule has 3 aromatic heterocycles. The lowest BCUT2D eigenvalue weighted by Crippen LogP contribution is -2.13. The second-order valence-electron chi connectivity index (χ2n) is 5.60. The van der Waals surface area contributed by atoms with Crippen molar-refractivity contribution in [3.05, 3.63) is 59.9 Å². The molecule has 4 aromatic rings. The minimum absolute atomic E-state index is 0.275. The molecule has 0 bridgehead atoms. The van der Waals surface area contributed by atoms with Gasteiger partial charge in [-0.05, 0) is 47.1 Å². The molecule has 10 nitrogen and oxygen atoms in total. The first-order valence-electron chi connectivity index (χ1n) is 8.06. The Morgan fingerprint density at radius 1 is 0.889 bits per heavy atom. The number of hydrogen-bond acceptors (Lipinski definition) is 10. The molecule has 0 unspecified atom stereocenters. The topological polar surface area (TPSA) is 126 Å². The number of hydrazine groups is 1. The van der Waals surface area contributed by atoms with Crippen LogP contribution in [0.5, 0.6) is 0 Å². The third-order valence-corrected chi connectivity index (χ3v) is 3.58. The fourth-order valence-corrected chi connectivity index (χ4v) is 2.19. The summed E-state index contributed by atoms with van der Waals surface area (Å²) in [6.07, 6.45) is 5.02. The lowest BCUT2D eigenvalue weighted by Gasteiger charge is -2.11. The largest absolute Gasteiger partial charge is 0.300 e. The first-order chi connectivity index (χ1) is 13.3. The molecule has 3 heterocycles. The van der Waals surface area contributed by atoms with E-state index in [-0.39, 0.29) is 11.3 Å². The highest BCUT2D eigenvalue weighted by molar-refractivity contribution is 5.80. The van der Waals surface area contributed by atoms with Crippen molar-refractivity contribution >= 4 is 34.8 Å². The standard InChI is InChI=1S/C17H15N9O/c1-11-2-4-13(5-3-11)22-24-15-14(20-16-17(21-15)26-27-25-16)23-19-10-12-6-8-18-9-7-12/h2-10,22H,1H3,(H,20,23,25)(H,21,24,26)/b19-10+. The van der Waals surface area contributed by atoms with Gasteiger partial charge in [0.25, 0.3) is 0 Å². The van der Waals surface area contributed by atoms with Gasteiger partial charge in [-0.3, -0.25) is 21.3 Å². The molecular formula is C17H15N9O. The summed E-state index contributed by atoms with van der Waals surface area (Å²) < 4.78 is 4.68. The number of nitrogens with one attached hydrogen (secondary N) is 3. The number of pyridine rings is 1. The van der Waals surface area contributed by atoms with Crippen LogP contribution in [-0.4, -0.2) is 31.5 Å². The van der Waals surface area contributed by atoms with E-state index in [1.165, 1.54) is 5.56 Å². The molecule has 27 heavy (non-hydrogen) atoms. The number of nitrogens with zero attached hydrogens (tertiary/aromatic N) is 6. The number of fused-ring (bicyclic) bond motifs is 1. The molecule has 0 fully saturated rings. The van der Waals surface area contributed by atoms with Gasteiger partial charge in [0.15, 0.2) is 11.6 Å². The summed E-state index contributed by atoms with van der Waals surface area (Å²) in [4.78, 5) is 12.6. The van der Waals surface area contributed by atoms with Crippen molar-refractivity contribution in [3.8, 4) is 0 Å². The highest BCUT2D eigenvalue weighted by Crippen LogP contribution is 2.20. The van der Waals surface area contributed by atoms with Gasteiger partial charge in [-0.2, -0.15) is 15.1 Å². The van der Waals surface area contributed by atoms with Crippen LogP contribution in [0.1, 0.15) is 11.1 Å². The maximum absolute atomic E-state index is 4.68. The summed E-state index contributed by atoms with van der Waals surface area (Å²) in [5.74, 6) is 0.758. The summed E-state index contributed by atoms with van der Waals surface area (Å²) in [6, 6.07) is 11.6. The molecule has 1 aromatic carbocycles. The number of rotatable bonds is 6. The van der Waals surface area contributed by atoms with Crippen molar-refractivity contribution < 1.29 is 4.63 Å². The molecule has 0 spiro atoms. The first-order valence-corrected chi connectivity index (χ1v) is 8.06. The zero-order chi connectivity index (χ0) is 18.5. The molecule has 4 rings (SSSR count). The molecule has 0 atom stereocenters. The van der Waals surface area contributed by atoms with Crippen molar-refractivity contribution in [1.82, 2.24) is 25.3 Å². The highest BCUT2D eigenvalue weighted by Gasteiger charge is 2.12. The van der Waals surface area contributed by atoms with Gasteiger partial charge in [0.1, 0.15) is 0 Å². The quantitative estimate of drug-likeness (QED) is 0.351. The Morgan fingerprint density at radius 2 is 1.59 bits per heavy atom. The minimum atomic E-state index is 0.275. The van der Waals surface area contributed by atoms with Crippen molar-refractivity contribution in [2.75, 3.05) is 16.3 Å². The molecule has 0 aliphatic carbocycles. The maximum Gasteiger partial charge on any atom is 0.245 e. The fourth-order valence-electron chi connectivity index (χ4n) is 2.19. The molecule has 0 saturated heterocycles. The van der Waals surface area contributed by atoms with Crippen LogP contribution in [0.2, 0.25) is 0 Å². The van der Waals surface area contributed by atoms with Crippen molar-refractivity contribution in [2.24, 2.45) is 5.10 Å². The number of benzene rings is 1. The van der Waals surface area contributed by atoms with E-state index in [9.17, 15) is 0 Å². The van der Waals surface area contributed by atoms with E-state index >= 15 is 0 Å². The fraction of sp³-hybridized carbons (Fsp3) is 0.0588. The summed E-state index contributed by atoms with van der Waals surface area (Å²) in [6.45, 7) is 2.02. The summed E-state index contributed by atoms with van der Waals surface area (Å²) in [7, 11) is 0. The summed E-state index contributed by atoms with van der Waals surface area (Å²) >= 11 is 0. The smallest absolute Gasteiger partial charge is 0.245 e. The molecule has 0 amide bonds. The first kappa shape index (κ1) is 16.4. The SMILES string of the molecule is Cc1ccc(NNc2nc3nonc3nc2N/N=C/c2ccncc2)cc1. The second kappa shape index (κ2) is 7.44. The van der Waals surface area contributed by atoms with Gasteiger partial charge >= 0.3 is 0 Å². The number of hydrogen-bond donors (Lipinski definition) is 3. The van der Waals surface area contributed by atoms with E-state index in [0.717, 1.165) is 11.3 Å². The molecule has 0 aliphatic heterocycles. The van der Waals surface area contributed by atoms with E-state index in [2.05, 4.69) is 51.3 Å². The Labute approximate surface area is 153 Å². The van der Waals surface area contributed by atoms with E-state index in [1.54, 1.807) is 18.6 Å². The van der Waals surface area contributed by atoms with Crippen LogP contribution in [0.15, 0.2) is 58.5 Å². The monoisotopic (exact) mass is 361 g/mol. The summed E-state index contributed by atoms with van der Waals surface area (Å²) in [5.41, 5.74) is 12.4. The normalized spacial score (nSPS) is 11.0. The highest BCUT2D eigenvalue weighted by atomic mass is 16.6. The zero-order valence-corrected chi connectivity index (χ0v) is 14.3. The van der Waals surface area contributed by atoms with Gasteiger partial charge in [-0.1, -0.05) is 17.7 Å². The second-order valence-corrected chi connectivity index (χ2v) is 5.60. The van der Waals surface area contributed by atoms with Gasteiger partial charge in [0, 0.05) is 12.4 Å². The van der Waals surface area contributed by atoms with Crippen LogP contribution in [0.25, 0.3) is 11.3 Å². The van der Waals surface area contributed by atoms with Gasteiger partial charge < -0.3 is 0 Å². The number of aryl methyl sites for hydroxylation is 1. The van der Waals surface area contributed by atoms with Crippen molar-refractivity contribution in [3.63, 3.8) is 0 Å². The van der Waals surface area contributed by atoms with E-state index in [4.69, 9.17) is 0 Å². The molecule has 134 valence electrons. The van der Waals surface area contributed by atoms with Crippen LogP contribution in [0.3, 0.4) is 0 Å². The lowest BCUT2D eigenvalue weighted by atomic mass is 10.2. The number of aromatic nitrogens is 5. The van der Waals surface area contributed by atoms with Gasteiger partial charge in [-0.15, -0.1) is 0 Å². The zero-order valence-electron chi connectivity index (χ0n) is 14.3. The van der Waals surface area contributed by atoms with Gasteiger partial charge in [0.2, 0.25) is 11.3 Å². The minimum Gasteiger partial charge on any atom is -0.300 e. The third kappa shape index (κ3) is 3.95. The van der Waals surface area contributed by atoms with Crippen LogP contribution >= 0.6 is 0 Å². The van der Waals surface area contributed by atoms with Gasteiger partial charge in [-0.25, -0.2) is 4.63 Å². The predicted molar refractivity (Wildman–Crippen MR) is 101 cm³/mol. The van der Waals surface area contributed by atoms with Crippen molar-refractivity contribution in [1.29, 1.82) is 0 Å². The average Bonchev–Trinajstić information content (AvgIpc) is 3.15. The van der Waals surface area contributed by atoms with E-state index < -0.39 is 0 Å². The summed E-state index contributed by atoms with van der Waals surface area (Å²) in [5, 5.41) is 11.6. The molecule has 3 N–H and O–H groups in total. The Balaban J connectivity index is 1.55. The van der Waals surface area contributed by atoms with E-state index in [1.807, 2.05) is 43.3 Å². The van der Waals surface area contributed by atoms with Crippen molar-refractivity contribution in [2.45, 2.75) is 6.92 Å². The van der Waals surface area contributed by atoms with Crippen LogP contribution < -0.4 is 16.3 Å². The Hall–Kier alpha value is -4.08. The molecule has 0 aliphatic rings. The lowest BCUT2D eigenvalue weighted by molar-refractivity contribution is 0.314. The number of anilines is 3. The Morgan fingerprint density at radius 3 is 2.33 bits per heavy atom. The molecule has 0 radical (unpaired) electrons. The van der Waals surface area contributed by atoms with Crippen LogP contribution in [0, 0.1) is 6.92 Å². The van der Waals surface area contributed by atoms with Gasteiger partial charge in [0.05, 0.1) is 11.9 Å². The van der Waals surface area contributed by atoms with Crippen LogP contribution in [-0.2, 0) is 0 Å². The van der Waals surface area contributed by atoms with E-state index in [0.29, 0.717) is 11.6 Å². The Bertz CT molecular complexity index is 1060. The Kier molecular flexibility index (Phi) is 4.51. The molecule has 0 saturated carbocycles. The molecule has 10 heteroatoms. The average molecular weight is 361 g/mol. The molecular weight excluding hydrogens is 346 g/mol. The number of hydrazone groups is 1. The maximum atomic E-state index is 4.68. The van der Waals surface area contributed by atoms with Crippen LogP contribution in [0.4, 0.5) is 17.3 Å². The predicted octanol–water partition coefficient (Wildman–Crippen LogP) is 2.60.